The Morgan fingerprint density at radius 3 is 0.924 bits per heavy atom. The fourth-order valence-corrected chi connectivity index (χ4v) is 8.32. The van der Waals surface area contributed by atoms with Crippen molar-refractivity contribution in [1.82, 2.24) is 0 Å². The number of hydrogen-bond donors (Lipinski definition) is 0. The van der Waals surface area contributed by atoms with Gasteiger partial charge in [0.05, 0.1) is 0 Å². The molecule has 6 nitrogen and oxygen atoms in total. The van der Waals surface area contributed by atoms with Gasteiger partial charge in [-0.3, -0.25) is 14.4 Å². The van der Waals surface area contributed by atoms with E-state index in [0.717, 1.165) is 89.9 Å². The van der Waals surface area contributed by atoms with Crippen LogP contribution in [0.25, 0.3) is 0 Å². The van der Waals surface area contributed by atoms with Crippen LogP contribution in [0.2, 0.25) is 0 Å². The topological polar surface area (TPSA) is 78.9 Å². The molecule has 0 bridgehead atoms. The van der Waals surface area contributed by atoms with E-state index in [-0.39, 0.29) is 31.1 Å². The number of ether oxygens (including phenoxy) is 3. The number of esters is 3. The quantitative estimate of drug-likeness (QED) is 0.0262. The second kappa shape index (κ2) is 55.0. The number of carbonyl (C=O) groups excluding carboxylic acids is 3. The Kier molecular flexibility index (Phi) is 52.8. The maximum atomic E-state index is 12.8. The highest BCUT2D eigenvalue weighted by atomic mass is 16.6. The lowest BCUT2D eigenvalue weighted by molar-refractivity contribution is -0.167. The predicted molar refractivity (Wildman–Crippen MR) is 284 cm³/mol. The molecule has 0 N–H and O–H groups in total. The average Bonchev–Trinajstić information content (AvgIpc) is 3.31. The number of carbonyl (C=O) groups is 3. The summed E-state index contributed by atoms with van der Waals surface area (Å²) in [6.45, 7) is 6.55. The third-order valence-corrected chi connectivity index (χ3v) is 12.6. The minimum Gasteiger partial charge on any atom is -0.462 e. The van der Waals surface area contributed by atoms with E-state index in [1.54, 1.807) is 0 Å². The molecule has 0 aromatic carbocycles. The van der Waals surface area contributed by atoms with Crippen molar-refractivity contribution in [3.05, 3.63) is 48.6 Å². The molecular formula is C60H108O6. The molecule has 0 aliphatic rings. The number of allylic oxidation sites excluding steroid dienone is 8. The smallest absolute Gasteiger partial charge is 0.306 e. The SMILES string of the molecule is CC/C=C\C/C=C\C/C=C\C/C=C\CCCCCCCCCCC(=O)OCC(COC(=O)CCCCCCCCCCCCCC)OC(=O)CCCCCCCCCCCCCCCCC. The van der Waals surface area contributed by atoms with Crippen LogP contribution in [0.3, 0.4) is 0 Å². The van der Waals surface area contributed by atoms with Crippen LogP contribution in [0.5, 0.6) is 0 Å². The van der Waals surface area contributed by atoms with E-state index in [9.17, 15) is 14.4 Å². The van der Waals surface area contributed by atoms with Gasteiger partial charge in [-0.1, -0.05) is 268 Å². The molecule has 0 saturated carbocycles. The highest BCUT2D eigenvalue weighted by Gasteiger charge is 2.19. The van der Waals surface area contributed by atoms with Crippen LogP contribution in [-0.4, -0.2) is 37.2 Å². The monoisotopic (exact) mass is 925 g/mol. The summed E-state index contributed by atoms with van der Waals surface area (Å²) in [5, 5.41) is 0. The third-order valence-electron chi connectivity index (χ3n) is 12.6. The van der Waals surface area contributed by atoms with Gasteiger partial charge >= 0.3 is 17.9 Å². The molecule has 1 unspecified atom stereocenters. The standard InChI is InChI=1S/C60H108O6/c1-4-7-10-13-16-19-22-25-27-28-29-30-31-32-34-35-38-41-44-47-50-53-59(62)65-56-57(55-64-58(61)52-49-46-43-40-37-24-21-18-15-12-9-6-3)66-60(63)54-51-48-45-42-39-36-33-26-23-20-17-14-11-8-5-2/h7,10,16,19,25,27,29-30,57H,4-6,8-9,11-15,17-18,20-24,26,28,31-56H2,1-3H3/b10-7-,19-16-,27-25-,30-29-. The molecule has 66 heavy (non-hydrogen) atoms. The zero-order chi connectivity index (χ0) is 47.9. The van der Waals surface area contributed by atoms with Gasteiger partial charge in [0, 0.05) is 19.3 Å². The predicted octanol–water partition coefficient (Wildman–Crippen LogP) is 19.0. The molecule has 0 spiro atoms. The van der Waals surface area contributed by atoms with Crippen molar-refractivity contribution >= 4 is 17.9 Å². The van der Waals surface area contributed by atoms with Crippen LogP contribution >= 0.6 is 0 Å². The van der Waals surface area contributed by atoms with Crippen molar-refractivity contribution in [2.75, 3.05) is 13.2 Å². The molecule has 0 aliphatic heterocycles. The zero-order valence-electron chi connectivity index (χ0n) is 44.0. The summed E-state index contributed by atoms with van der Waals surface area (Å²) >= 11 is 0. The maximum Gasteiger partial charge on any atom is 0.306 e. The van der Waals surface area contributed by atoms with E-state index in [1.165, 1.54) is 167 Å². The summed E-state index contributed by atoms with van der Waals surface area (Å²) in [6, 6.07) is 0. The molecule has 0 aromatic heterocycles. The van der Waals surface area contributed by atoms with Crippen molar-refractivity contribution in [3.8, 4) is 0 Å². The van der Waals surface area contributed by atoms with Gasteiger partial charge in [0.25, 0.3) is 0 Å². The van der Waals surface area contributed by atoms with E-state index in [0.29, 0.717) is 19.3 Å². The summed E-state index contributed by atoms with van der Waals surface area (Å²) in [5.41, 5.74) is 0. The summed E-state index contributed by atoms with van der Waals surface area (Å²) < 4.78 is 16.9. The average molecular weight is 926 g/mol. The molecule has 0 fully saturated rings. The molecular weight excluding hydrogens is 817 g/mol. The summed E-state index contributed by atoms with van der Waals surface area (Å²) in [6.07, 6.45) is 66.7. The van der Waals surface area contributed by atoms with Gasteiger partial charge in [-0.25, -0.2) is 0 Å². The van der Waals surface area contributed by atoms with Crippen LogP contribution in [0, 0.1) is 0 Å². The molecule has 0 amide bonds. The van der Waals surface area contributed by atoms with Gasteiger partial charge in [0.15, 0.2) is 6.10 Å². The maximum absolute atomic E-state index is 12.8. The lowest BCUT2D eigenvalue weighted by Crippen LogP contribution is -2.30. The highest BCUT2D eigenvalue weighted by Crippen LogP contribution is 2.16. The number of hydrogen-bond acceptors (Lipinski definition) is 6. The Balaban J connectivity index is 4.31. The fraction of sp³-hybridized carbons (Fsp3) is 0.817. The molecule has 0 rings (SSSR count). The van der Waals surface area contributed by atoms with Crippen molar-refractivity contribution in [1.29, 1.82) is 0 Å². The van der Waals surface area contributed by atoms with Crippen LogP contribution in [-0.2, 0) is 28.6 Å². The Morgan fingerprint density at radius 1 is 0.318 bits per heavy atom. The van der Waals surface area contributed by atoms with Gasteiger partial charge < -0.3 is 14.2 Å². The van der Waals surface area contributed by atoms with E-state index in [4.69, 9.17) is 14.2 Å². The first-order valence-corrected chi connectivity index (χ1v) is 28.6. The Hall–Kier alpha value is -2.63. The van der Waals surface area contributed by atoms with E-state index in [2.05, 4.69) is 69.4 Å². The van der Waals surface area contributed by atoms with Gasteiger partial charge in [0.1, 0.15) is 13.2 Å². The Bertz CT molecular complexity index is 1150. The van der Waals surface area contributed by atoms with E-state index < -0.39 is 6.10 Å². The second-order valence-electron chi connectivity index (χ2n) is 19.2. The largest absolute Gasteiger partial charge is 0.462 e. The van der Waals surface area contributed by atoms with E-state index in [1.807, 2.05) is 0 Å². The minimum absolute atomic E-state index is 0.0710. The summed E-state index contributed by atoms with van der Waals surface area (Å²) in [7, 11) is 0. The molecule has 1 atom stereocenters. The van der Waals surface area contributed by atoms with E-state index >= 15 is 0 Å². The Morgan fingerprint density at radius 2 is 0.591 bits per heavy atom. The first-order valence-electron chi connectivity index (χ1n) is 28.6. The minimum atomic E-state index is -0.772. The fourth-order valence-electron chi connectivity index (χ4n) is 8.32. The molecule has 6 heteroatoms. The van der Waals surface area contributed by atoms with Crippen LogP contribution in [0.15, 0.2) is 48.6 Å². The number of unbranched alkanes of at least 4 members (excludes halogenated alkanes) is 33. The van der Waals surface area contributed by atoms with Crippen LogP contribution < -0.4 is 0 Å². The molecule has 0 aliphatic carbocycles. The highest BCUT2D eigenvalue weighted by molar-refractivity contribution is 5.71. The second-order valence-corrected chi connectivity index (χ2v) is 19.2. The van der Waals surface area contributed by atoms with Crippen molar-refractivity contribution in [3.63, 3.8) is 0 Å². The molecule has 0 aromatic rings. The lowest BCUT2D eigenvalue weighted by Gasteiger charge is -2.18. The zero-order valence-corrected chi connectivity index (χ0v) is 44.0. The van der Waals surface area contributed by atoms with Gasteiger partial charge in [-0.2, -0.15) is 0 Å². The van der Waals surface area contributed by atoms with Crippen molar-refractivity contribution < 1.29 is 28.6 Å². The third kappa shape index (κ3) is 52.3. The molecule has 384 valence electrons. The van der Waals surface area contributed by atoms with Gasteiger partial charge in [-0.05, 0) is 57.8 Å². The molecule has 0 saturated heterocycles. The van der Waals surface area contributed by atoms with Gasteiger partial charge in [0.2, 0.25) is 0 Å². The number of rotatable bonds is 52. The summed E-state index contributed by atoms with van der Waals surface area (Å²) in [5.74, 6) is -0.864. The normalized spacial score (nSPS) is 12.3. The van der Waals surface area contributed by atoms with Crippen molar-refractivity contribution in [2.24, 2.45) is 0 Å². The first-order chi connectivity index (χ1) is 32.5. The van der Waals surface area contributed by atoms with Crippen LogP contribution in [0.4, 0.5) is 0 Å². The molecule has 0 radical (unpaired) electrons. The lowest BCUT2D eigenvalue weighted by atomic mass is 10.0. The van der Waals surface area contributed by atoms with Crippen LogP contribution in [0.1, 0.15) is 297 Å². The molecule has 0 heterocycles. The van der Waals surface area contributed by atoms with Gasteiger partial charge in [-0.15, -0.1) is 0 Å². The van der Waals surface area contributed by atoms with Crippen molar-refractivity contribution in [2.45, 2.75) is 303 Å². The Labute approximate surface area is 409 Å². The summed E-state index contributed by atoms with van der Waals surface area (Å²) in [4.78, 5) is 38.1. The first kappa shape index (κ1) is 63.4.